The van der Waals surface area contributed by atoms with Gasteiger partial charge >= 0.3 is 0 Å². The van der Waals surface area contributed by atoms with Crippen LogP contribution in [0.1, 0.15) is 36.0 Å². The third kappa shape index (κ3) is 3.44. The van der Waals surface area contributed by atoms with Crippen molar-refractivity contribution >= 4 is 0 Å². The molecule has 0 atom stereocenters. The molecule has 0 fully saturated rings. The number of hydrogen-bond donors (Lipinski definition) is 1. The molecule has 0 spiro atoms. The molecule has 3 rings (SSSR count). The number of aryl methyl sites for hydroxylation is 1. The number of rotatable bonds is 4. The van der Waals surface area contributed by atoms with Gasteiger partial charge in [-0.3, -0.25) is 9.69 Å². The van der Waals surface area contributed by atoms with Crippen LogP contribution in [0.3, 0.4) is 0 Å². The molecule has 25 heavy (non-hydrogen) atoms. The van der Waals surface area contributed by atoms with Gasteiger partial charge in [0.25, 0.3) is 5.56 Å². The minimum absolute atomic E-state index is 0.187. The van der Waals surface area contributed by atoms with Crippen LogP contribution >= 0.6 is 0 Å². The van der Waals surface area contributed by atoms with Crippen LogP contribution in [0.2, 0.25) is 0 Å². The lowest BCUT2D eigenvalue weighted by Crippen LogP contribution is -2.36. The smallest absolute Gasteiger partial charge is 0.254 e. The van der Waals surface area contributed by atoms with Gasteiger partial charge in [-0.2, -0.15) is 0 Å². The van der Waals surface area contributed by atoms with Gasteiger partial charge in [0.05, 0.1) is 5.69 Å². The number of benzene rings is 1. The number of H-pyrrole nitrogens is 1. The van der Waals surface area contributed by atoms with E-state index in [1.54, 1.807) is 4.90 Å². The first kappa shape index (κ1) is 17.6. The predicted molar refractivity (Wildman–Crippen MR) is 82.9 cm³/mol. The lowest BCUT2D eigenvalue weighted by atomic mass is 10.0. The Hall–Kier alpha value is -2.22. The Morgan fingerprint density at radius 3 is 2.52 bits per heavy atom. The van der Waals surface area contributed by atoms with Gasteiger partial charge in [-0.25, -0.2) is 22.5 Å². The maximum absolute atomic E-state index is 13.8. The van der Waals surface area contributed by atoms with Crippen LogP contribution in [0, 0.1) is 23.3 Å². The van der Waals surface area contributed by atoms with Crippen molar-refractivity contribution in [3.05, 3.63) is 62.3 Å². The molecule has 0 aliphatic carbocycles. The molecule has 134 valence electrons. The van der Waals surface area contributed by atoms with Crippen LogP contribution < -0.4 is 5.56 Å². The molecule has 0 unspecified atom stereocenters. The Morgan fingerprint density at radius 1 is 1.20 bits per heavy atom. The van der Waals surface area contributed by atoms with Crippen LogP contribution in [0.4, 0.5) is 17.6 Å². The molecule has 0 amide bonds. The fraction of sp³-hybridized carbons (Fsp3) is 0.412. The van der Waals surface area contributed by atoms with Gasteiger partial charge in [-0.15, -0.1) is 0 Å². The van der Waals surface area contributed by atoms with Gasteiger partial charge in [0.1, 0.15) is 5.82 Å². The number of halogens is 4. The summed E-state index contributed by atoms with van der Waals surface area (Å²) in [6.07, 6.45) is 1.77. The van der Waals surface area contributed by atoms with Crippen LogP contribution in [0.5, 0.6) is 0 Å². The molecule has 1 aromatic heterocycles. The van der Waals surface area contributed by atoms with Crippen molar-refractivity contribution in [1.29, 1.82) is 0 Å². The highest BCUT2D eigenvalue weighted by molar-refractivity contribution is 5.25. The standard InChI is InChI=1S/C17H17F4N3O/c1-2-3-14-22-13-8-24(5-4-9(13)17(25)23-14)7-10-15(20)11(18)6-12(19)16(10)21/h6H,2-5,7-8H2,1H3,(H,22,23,25). The van der Waals surface area contributed by atoms with E-state index in [0.717, 1.165) is 6.42 Å². The average Bonchev–Trinajstić information content (AvgIpc) is 2.57. The largest absolute Gasteiger partial charge is 0.310 e. The zero-order valence-corrected chi connectivity index (χ0v) is 13.6. The third-order valence-corrected chi connectivity index (χ3v) is 4.27. The van der Waals surface area contributed by atoms with E-state index in [0.29, 0.717) is 36.5 Å². The van der Waals surface area contributed by atoms with Gasteiger partial charge in [0, 0.05) is 43.2 Å². The molecular weight excluding hydrogens is 338 g/mol. The highest BCUT2D eigenvalue weighted by Gasteiger charge is 2.25. The van der Waals surface area contributed by atoms with Gasteiger partial charge in [0.2, 0.25) is 0 Å². The number of hydrogen-bond acceptors (Lipinski definition) is 3. The highest BCUT2D eigenvalue weighted by atomic mass is 19.2. The molecule has 0 saturated carbocycles. The van der Waals surface area contributed by atoms with E-state index in [1.807, 2.05) is 6.92 Å². The fourth-order valence-corrected chi connectivity index (χ4v) is 3.02. The van der Waals surface area contributed by atoms with E-state index in [9.17, 15) is 22.4 Å². The summed E-state index contributed by atoms with van der Waals surface area (Å²) in [7, 11) is 0. The summed E-state index contributed by atoms with van der Waals surface area (Å²) >= 11 is 0. The summed E-state index contributed by atoms with van der Waals surface area (Å²) in [5, 5.41) is 0. The van der Waals surface area contributed by atoms with Crippen molar-refractivity contribution in [3.8, 4) is 0 Å². The summed E-state index contributed by atoms with van der Waals surface area (Å²) in [6.45, 7) is 2.17. The maximum atomic E-state index is 13.8. The molecule has 1 aromatic carbocycles. The molecular formula is C17H17F4N3O. The zero-order valence-electron chi connectivity index (χ0n) is 13.6. The number of aromatic nitrogens is 2. The van der Waals surface area contributed by atoms with E-state index in [4.69, 9.17) is 0 Å². The van der Waals surface area contributed by atoms with Crippen LogP contribution in [0.15, 0.2) is 10.9 Å². The van der Waals surface area contributed by atoms with Crippen LogP contribution in [0.25, 0.3) is 0 Å². The third-order valence-electron chi connectivity index (χ3n) is 4.27. The van der Waals surface area contributed by atoms with Crippen molar-refractivity contribution in [3.63, 3.8) is 0 Å². The Bertz CT molecular complexity index is 840. The molecule has 1 aliphatic heterocycles. The molecule has 2 aromatic rings. The second-order valence-electron chi connectivity index (χ2n) is 6.10. The first-order valence-corrected chi connectivity index (χ1v) is 8.05. The summed E-state index contributed by atoms with van der Waals surface area (Å²) in [4.78, 5) is 20.8. The van der Waals surface area contributed by atoms with E-state index >= 15 is 0 Å². The van der Waals surface area contributed by atoms with E-state index in [1.165, 1.54) is 0 Å². The molecule has 2 heterocycles. The maximum Gasteiger partial charge on any atom is 0.254 e. The van der Waals surface area contributed by atoms with Gasteiger partial charge < -0.3 is 4.98 Å². The lowest BCUT2D eigenvalue weighted by Gasteiger charge is -2.28. The monoisotopic (exact) mass is 355 g/mol. The first-order valence-electron chi connectivity index (χ1n) is 8.05. The molecule has 0 radical (unpaired) electrons. The molecule has 4 nitrogen and oxygen atoms in total. The first-order chi connectivity index (χ1) is 11.9. The quantitative estimate of drug-likeness (QED) is 0.678. The molecule has 8 heteroatoms. The second kappa shape index (κ2) is 6.95. The van der Waals surface area contributed by atoms with Crippen molar-refractivity contribution in [2.75, 3.05) is 6.54 Å². The Kier molecular flexibility index (Phi) is 4.89. The van der Waals surface area contributed by atoms with Crippen molar-refractivity contribution < 1.29 is 17.6 Å². The van der Waals surface area contributed by atoms with Crippen molar-refractivity contribution in [1.82, 2.24) is 14.9 Å². The normalized spacial score (nSPS) is 14.6. The average molecular weight is 355 g/mol. The van der Waals surface area contributed by atoms with E-state index < -0.39 is 28.8 Å². The molecule has 0 bridgehead atoms. The number of aromatic amines is 1. The van der Waals surface area contributed by atoms with E-state index in [-0.39, 0.29) is 24.7 Å². The second-order valence-corrected chi connectivity index (χ2v) is 6.10. The SMILES string of the molecule is CCCc1nc2c(c(=O)[nH]1)CCN(Cc1c(F)c(F)cc(F)c1F)C2. The van der Waals surface area contributed by atoms with Crippen LogP contribution in [-0.2, 0) is 25.9 Å². The highest BCUT2D eigenvalue weighted by Crippen LogP contribution is 2.23. The summed E-state index contributed by atoms with van der Waals surface area (Å²) < 4.78 is 54.4. The lowest BCUT2D eigenvalue weighted by molar-refractivity contribution is 0.230. The summed E-state index contributed by atoms with van der Waals surface area (Å²) in [5.74, 6) is -5.08. The molecule has 1 aliphatic rings. The minimum Gasteiger partial charge on any atom is -0.310 e. The predicted octanol–water partition coefficient (Wildman–Crippen LogP) is 2.84. The number of nitrogens with zero attached hydrogens (tertiary/aromatic N) is 2. The summed E-state index contributed by atoms with van der Waals surface area (Å²) in [6, 6.07) is 0.192. The van der Waals surface area contributed by atoms with E-state index in [2.05, 4.69) is 9.97 Å². The zero-order chi connectivity index (χ0) is 18.1. The van der Waals surface area contributed by atoms with Crippen molar-refractivity contribution in [2.45, 2.75) is 39.3 Å². The van der Waals surface area contributed by atoms with Crippen LogP contribution in [-0.4, -0.2) is 21.4 Å². The van der Waals surface area contributed by atoms with Gasteiger partial charge in [0.15, 0.2) is 23.3 Å². The fourth-order valence-electron chi connectivity index (χ4n) is 3.02. The Labute approximate surface area is 141 Å². The number of nitrogens with one attached hydrogen (secondary N) is 1. The van der Waals surface area contributed by atoms with Crippen molar-refractivity contribution in [2.24, 2.45) is 0 Å². The molecule has 0 saturated heterocycles. The Balaban J connectivity index is 1.88. The summed E-state index contributed by atoms with van der Waals surface area (Å²) in [5.41, 5.74) is 0.223. The van der Waals surface area contributed by atoms with Gasteiger partial charge in [-0.1, -0.05) is 6.92 Å². The number of fused-ring (bicyclic) bond motifs is 1. The minimum atomic E-state index is -1.42. The Morgan fingerprint density at radius 2 is 1.88 bits per heavy atom. The topological polar surface area (TPSA) is 49.0 Å². The molecule has 1 N–H and O–H groups in total. The van der Waals surface area contributed by atoms with Gasteiger partial charge in [-0.05, 0) is 12.8 Å².